The van der Waals surface area contributed by atoms with Crippen molar-refractivity contribution in [3.8, 4) is 11.4 Å². The maximum atomic E-state index is 5.81. The highest BCUT2D eigenvalue weighted by Crippen LogP contribution is 2.15. The molecule has 0 amide bonds. The number of aromatic nitrogens is 3. The Morgan fingerprint density at radius 3 is 3.10 bits per heavy atom. The van der Waals surface area contributed by atoms with Crippen molar-refractivity contribution in [3.05, 3.63) is 36.2 Å². The van der Waals surface area contributed by atoms with Crippen LogP contribution in [0.15, 0.2) is 35.6 Å². The minimum atomic E-state index is 0.489. The predicted molar refractivity (Wildman–Crippen MR) is 80.1 cm³/mol. The van der Waals surface area contributed by atoms with Crippen molar-refractivity contribution in [3.63, 3.8) is 0 Å². The summed E-state index contributed by atoms with van der Waals surface area (Å²) in [6, 6.07) is 8.01. The summed E-state index contributed by atoms with van der Waals surface area (Å²) in [5.41, 5.74) is 7.88. The third-order valence-electron chi connectivity index (χ3n) is 2.88. The summed E-state index contributed by atoms with van der Waals surface area (Å²) >= 11 is 0. The second-order valence-corrected chi connectivity index (χ2v) is 4.52. The van der Waals surface area contributed by atoms with Gasteiger partial charge in [-0.05, 0) is 18.1 Å². The Hall–Kier alpha value is -2.37. The van der Waals surface area contributed by atoms with Gasteiger partial charge in [-0.2, -0.15) is 5.10 Å². The summed E-state index contributed by atoms with van der Waals surface area (Å²) in [6.45, 7) is 3.56. The molecular formula is C14H20N6. The lowest BCUT2D eigenvalue weighted by Crippen LogP contribution is -2.32. The largest absolute Gasteiger partial charge is 0.370 e. The predicted octanol–water partition coefficient (Wildman–Crippen LogP) is 1.68. The first-order chi connectivity index (χ1) is 9.79. The zero-order chi connectivity index (χ0) is 14.2. The van der Waals surface area contributed by atoms with E-state index < -0.39 is 0 Å². The Morgan fingerprint density at radius 1 is 1.45 bits per heavy atom. The molecule has 106 valence electrons. The van der Waals surface area contributed by atoms with Crippen molar-refractivity contribution < 1.29 is 0 Å². The van der Waals surface area contributed by atoms with E-state index in [4.69, 9.17) is 5.73 Å². The molecule has 0 saturated heterocycles. The van der Waals surface area contributed by atoms with Gasteiger partial charge in [-0.3, -0.25) is 5.10 Å². The second kappa shape index (κ2) is 7.28. The molecule has 2 rings (SSSR count). The average molecular weight is 272 g/mol. The molecule has 0 aliphatic heterocycles. The Labute approximate surface area is 118 Å². The molecule has 0 unspecified atom stereocenters. The molecule has 1 aromatic heterocycles. The van der Waals surface area contributed by atoms with Gasteiger partial charge >= 0.3 is 0 Å². The number of nitrogens with one attached hydrogen (secondary N) is 2. The fourth-order valence-electron chi connectivity index (χ4n) is 1.79. The molecule has 0 saturated carbocycles. The average Bonchev–Trinajstić information content (AvgIpc) is 3.00. The lowest BCUT2D eigenvalue weighted by Gasteiger charge is -2.05. The van der Waals surface area contributed by atoms with Gasteiger partial charge in [-0.15, -0.1) is 0 Å². The van der Waals surface area contributed by atoms with E-state index in [9.17, 15) is 0 Å². The first-order valence-corrected chi connectivity index (χ1v) is 6.78. The molecule has 0 aliphatic carbocycles. The number of guanidine groups is 1. The number of unbranched alkanes of at least 4 members (excludes halogenated alkanes) is 1. The number of nitrogens with zero attached hydrogens (tertiary/aromatic N) is 3. The topological polar surface area (TPSA) is 92.0 Å². The van der Waals surface area contributed by atoms with E-state index in [1.54, 1.807) is 0 Å². The zero-order valence-corrected chi connectivity index (χ0v) is 11.6. The lowest BCUT2D eigenvalue weighted by atomic mass is 10.1. The summed E-state index contributed by atoms with van der Waals surface area (Å²) in [5, 5.41) is 9.79. The van der Waals surface area contributed by atoms with Gasteiger partial charge < -0.3 is 11.1 Å². The maximum absolute atomic E-state index is 5.81. The third-order valence-corrected chi connectivity index (χ3v) is 2.88. The van der Waals surface area contributed by atoms with E-state index in [0.29, 0.717) is 12.5 Å². The number of benzene rings is 1. The van der Waals surface area contributed by atoms with Crippen LogP contribution in [-0.4, -0.2) is 27.7 Å². The smallest absolute Gasteiger partial charge is 0.188 e. The molecule has 20 heavy (non-hydrogen) atoms. The minimum absolute atomic E-state index is 0.489. The van der Waals surface area contributed by atoms with Gasteiger partial charge in [0.15, 0.2) is 11.8 Å². The van der Waals surface area contributed by atoms with Gasteiger partial charge in [0.05, 0.1) is 6.54 Å². The number of aromatic amines is 1. The van der Waals surface area contributed by atoms with Crippen LogP contribution >= 0.6 is 0 Å². The minimum Gasteiger partial charge on any atom is -0.370 e. The van der Waals surface area contributed by atoms with Crippen molar-refractivity contribution in [1.82, 2.24) is 20.5 Å². The van der Waals surface area contributed by atoms with Gasteiger partial charge in [-0.1, -0.05) is 31.5 Å². The van der Waals surface area contributed by atoms with Crippen LogP contribution in [0.25, 0.3) is 11.4 Å². The number of hydrogen-bond donors (Lipinski definition) is 3. The SMILES string of the molecule is CCCCNC(N)=NCc1cccc(-c2ncn[nH]2)c1. The van der Waals surface area contributed by atoms with Crippen molar-refractivity contribution in [2.75, 3.05) is 6.54 Å². The van der Waals surface area contributed by atoms with E-state index in [1.807, 2.05) is 24.3 Å². The van der Waals surface area contributed by atoms with Gasteiger partial charge in [0, 0.05) is 12.1 Å². The zero-order valence-electron chi connectivity index (χ0n) is 11.6. The van der Waals surface area contributed by atoms with Crippen LogP contribution in [0, 0.1) is 0 Å². The first kappa shape index (κ1) is 14.0. The molecule has 0 bridgehead atoms. The van der Waals surface area contributed by atoms with Crippen molar-refractivity contribution in [1.29, 1.82) is 0 Å². The fourth-order valence-corrected chi connectivity index (χ4v) is 1.79. The van der Waals surface area contributed by atoms with Crippen LogP contribution in [0.3, 0.4) is 0 Å². The fraction of sp³-hybridized carbons (Fsp3) is 0.357. The Kier molecular flexibility index (Phi) is 5.11. The second-order valence-electron chi connectivity index (χ2n) is 4.52. The monoisotopic (exact) mass is 272 g/mol. The standard InChI is InChI=1S/C14H20N6/c1-2-3-7-16-14(15)17-9-11-5-4-6-12(8-11)13-18-10-19-20-13/h4-6,8,10H,2-3,7,9H2,1H3,(H3,15,16,17)(H,18,19,20). The summed E-state index contributed by atoms with van der Waals surface area (Å²) in [5.74, 6) is 1.24. The summed E-state index contributed by atoms with van der Waals surface area (Å²) in [4.78, 5) is 8.46. The quantitative estimate of drug-likeness (QED) is 0.424. The Balaban J connectivity index is 1.96. The Bertz CT molecular complexity index is 547. The summed E-state index contributed by atoms with van der Waals surface area (Å²) in [6.07, 6.45) is 3.73. The van der Waals surface area contributed by atoms with E-state index in [-0.39, 0.29) is 0 Å². The van der Waals surface area contributed by atoms with Crippen LogP contribution in [0.4, 0.5) is 0 Å². The number of H-pyrrole nitrogens is 1. The normalized spacial score (nSPS) is 11.6. The molecular weight excluding hydrogens is 252 g/mol. The molecule has 4 N–H and O–H groups in total. The van der Waals surface area contributed by atoms with Crippen molar-refractivity contribution in [2.24, 2.45) is 10.7 Å². The van der Waals surface area contributed by atoms with E-state index in [2.05, 4.69) is 32.4 Å². The molecule has 0 spiro atoms. The van der Waals surface area contributed by atoms with Crippen molar-refractivity contribution >= 4 is 5.96 Å². The Morgan fingerprint density at radius 2 is 2.35 bits per heavy atom. The van der Waals surface area contributed by atoms with Gasteiger partial charge in [0.2, 0.25) is 0 Å². The molecule has 1 aromatic carbocycles. The number of rotatable bonds is 6. The maximum Gasteiger partial charge on any atom is 0.188 e. The molecule has 0 atom stereocenters. The molecule has 0 radical (unpaired) electrons. The van der Waals surface area contributed by atoms with Crippen LogP contribution < -0.4 is 11.1 Å². The van der Waals surface area contributed by atoms with Gasteiger partial charge in [0.25, 0.3) is 0 Å². The van der Waals surface area contributed by atoms with Crippen LogP contribution in [0.2, 0.25) is 0 Å². The summed E-state index contributed by atoms with van der Waals surface area (Å²) in [7, 11) is 0. The van der Waals surface area contributed by atoms with E-state index >= 15 is 0 Å². The molecule has 0 aliphatic rings. The molecule has 2 aromatic rings. The van der Waals surface area contributed by atoms with Crippen LogP contribution in [0.5, 0.6) is 0 Å². The number of aliphatic imine (C=N–C) groups is 1. The molecule has 6 nitrogen and oxygen atoms in total. The highest BCUT2D eigenvalue weighted by molar-refractivity contribution is 5.77. The molecule has 0 fully saturated rings. The van der Waals surface area contributed by atoms with Crippen molar-refractivity contribution in [2.45, 2.75) is 26.3 Å². The van der Waals surface area contributed by atoms with Crippen LogP contribution in [0.1, 0.15) is 25.3 Å². The van der Waals surface area contributed by atoms with Crippen LogP contribution in [-0.2, 0) is 6.54 Å². The van der Waals surface area contributed by atoms with E-state index in [1.165, 1.54) is 6.33 Å². The molecule has 6 heteroatoms. The third kappa shape index (κ3) is 4.08. The van der Waals surface area contributed by atoms with Gasteiger partial charge in [0.1, 0.15) is 6.33 Å². The lowest BCUT2D eigenvalue weighted by molar-refractivity contribution is 0.748. The highest BCUT2D eigenvalue weighted by Gasteiger charge is 2.01. The molecule has 1 heterocycles. The number of hydrogen-bond acceptors (Lipinski definition) is 3. The highest BCUT2D eigenvalue weighted by atomic mass is 15.2. The summed E-state index contributed by atoms with van der Waals surface area (Å²) < 4.78 is 0. The van der Waals surface area contributed by atoms with Gasteiger partial charge in [-0.25, -0.2) is 9.98 Å². The first-order valence-electron chi connectivity index (χ1n) is 6.78. The van der Waals surface area contributed by atoms with E-state index in [0.717, 1.165) is 36.3 Å². The number of nitrogens with two attached hydrogens (primary N) is 1.